The van der Waals surface area contributed by atoms with E-state index in [1.807, 2.05) is 13.8 Å². The SMILES string of the molecule is CC.Cc1ccc(Nc2cccc3ccccc23)cc1. The minimum atomic E-state index is 1.12. The molecule has 1 N–H and O–H groups in total. The maximum atomic E-state index is 3.47. The molecule has 1 nitrogen and oxygen atoms in total. The average molecular weight is 263 g/mol. The second-order valence-electron chi connectivity index (χ2n) is 4.52. The van der Waals surface area contributed by atoms with Crippen LogP contribution in [0.5, 0.6) is 0 Å². The number of aryl methyl sites for hydroxylation is 1. The number of benzene rings is 3. The van der Waals surface area contributed by atoms with Crippen molar-refractivity contribution >= 4 is 22.1 Å². The molecule has 0 atom stereocenters. The zero-order valence-electron chi connectivity index (χ0n) is 12.4. The van der Waals surface area contributed by atoms with Gasteiger partial charge in [0.2, 0.25) is 0 Å². The van der Waals surface area contributed by atoms with Crippen LogP contribution >= 0.6 is 0 Å². The molecule has 0 spiro atoms. The summed E-state index contributed by atoms with van der Waals surface area (Å²) < 4.78 is 0. The molecule has 0 bridgehead atoms. The summed E-state index contributed by atoms with van der Waals surface area (Å²) in [5.74, 6) is 0. The molecular weight excluding hydrogens is 242 g/mol. The maximum absolute atomic E-state index is 3.47. The largest absolute Gasteiger partial charge is 0.355 e. The average Bonchev–Trinajstić information content (AvgIpc) is 2.52. The Morgan fingerprint density at radius 2 is 1.35 bits per heavy atom. The summed E-state index contributed by atoms with van der Waals surface area (Å²) in [5, 5.41) is 5.98. The lowest BCUT2D eigenvalue weighted by Crippen LogP contribution is -1.91. The Bertz CT molecular complexity index is 663. The fourth-order valence-corrected chi connectivity index (χ4v) is 2.13. The molecular formula is C19H21N. The first kappa shape index (κ1) is 14.1. The van der Waals surface area contributed by atoms with Crippen LogP contribution in [0.1, 0.15) is 19.4 Å². The first-order valence-corrected chi connectivity index (χ1v) is 7.14. The van der Waals surface area contributed by atoms with Gasteiger partial charge in [0, 0.05) is 16.8 Å². The summed E-state index contributed by atoms with van der Waals surface area (Å²) in [6.45, 7) is 6.10. The minimum absolute atomic E-state index is 1.12. The van der Waals surface area contributed by atoms with Gasteiger partial charge < -0.3 is 5.32 Å². The Hall–Kier alpha value is -2.28. The monoisotopic (exact) mass is 263 g/mol. The van der Waals surface area contributed by atoms with Crippen LogP contribution in [0.15, 0.2) is 66.7 Å². The molecule has 0 saturated carbocycles. The third-order valence-corrected chi connectivity index (χ3v) is 3.12. The predicted molar refractivity (Wildman–Crippen MR) is 89.8 cm³/mol. The highest BCUT2D eigenvalue weighted by Crippen LogP contribution is 2.26. The van der Waals surface area contributed by atoms with Crippen LogP contribution < -0.4 is 5.32 Å². The van der Waals surface area contributed by atoms with Crippen molar-refractivity contribution in [2.24, 2.45) is 0 Å². The molecule has 1 heteroatoms. The van der Waals surface area contributed by atoms with Gasteiger partial charge in [0.1, 0.15) is 0 Å². The molecule has 3 aromatic rings. The number of fused-ring (bicyclic) bond motifs is 1. The normalized spacial score (nSPS) is 9.75. The number of nitrogens with one attached hydrogen (secondary N) is 1. The number of hydrogen-bond donors (Lipinski definition) is 1. The third kappa shape index (κ3) is 3.18. The summed E-state index contributed by atoms with van der Waals surface area (Å²) >= 11 is 0. The van der Waals surface area contributed by atoms with Gasteiger partial charge in [0.05, 0.1) is 0 Å². The van der Waals surface area contributed by atoms with Crippen molar-refractivity contribution in [3.63, 3.8) is 0 Å². The topological polar surface area (TPSA) is 12.0 Å². The highest BCUT2D eigenvalue weighted by molar-refractivity contribution is 5.95. The van der Waals surface area contributed by atoms with Gasteiger partial charge >= 0.3 is 0 Å². The van der Waals surface area contributed by atoms with Crippen molar-refractivity contribution in [2.45, 2.75) is 20.8 Å². The number of hydrogen-bond acceptors (Lipinski definition) is 1. The maximum Gasteiger partial charge on any atom is 0.0463 e. The van der Waals surface area contributed by atoms with E-state index in [1.165, 1.54) is 16.3 Å². The minimum Gasteiger partial charge on any atom is -0.355 e. The van der Waals surface area contributed by atoms with Gasteiger partial charge in [-0.3, -0.25) is 0 Å². The molecule has 0 aromatic heterocycles. The molecule has 0 radical (unpaired) electrons. The van der Waals surface area contributed by atoms with Crippen molar-refractivity contribution in [1.29, 1.82) is 0 Å². The second-order valence-corrected chi connectivity index (χ2v) is 4.52. The molecule has 0 amide bonds. The lowest BCUT2D eigenvalue weighted by Gasteiger charge is -2.10. The van der Waals surface area contributed by atoms with Gasteiger partial charge in [0.25, 0.3) is 0 Å². The molecule has 20 heavy (non-hydrogen) atoms. The smallest absolute Gasteiger partial charge is 0.0463 e. The van der Waals surface area contributed by atoms with E-state index in [-0.39, 0.29) is 0 Å². The molecule has 0 aliphatic heterocycles. The molecule has 0 fully saturated rings. The lowest BCUT2D eigenvalue weighted by molar-refractivity contribution is 1.46. The van der Waals surface area contributed by atoms with Crippen LogP contribution in [0.4, 0.5) is 11.4 Å². The van der Waals surface area contributed by atoms with Crippen molar-refractivity contribution in [3.05, 3.63) is 72.3 Å². The van der Waals surface area contributed by atoms with Crippen LogP contribution in [0.25, 0.3) is 10.8 Å². The molecule has 0 unspecified atom stereocenters. The molecule has 0 heterocycles. The molecule has 0 aliphatic rings. The van der Waals surface area contributed by atoms with Crippen molar-refractivity contribution in [2.75, 3.05) is 5.32 Å². The highest BCUT2D eigenvalue weighted by Gasteiger charge is 2.00. The fourth-order valence-electron chi connectivity index (χ4n) is 2.13. The van der Waals surface area contributed by atoms with Gasteiger partial charge in [-0.2, -0.15) is 0 Å². The third-order valence-electron chi connectivity index (χ3n) is 3.12. The number of rotatable bonds is 2. The summed E-state index contributed by atoms with van der Waals surface area (Å²) in [4.78, 5) is 0. The van der Waals surface area contributed by atoms with E-state index in [4.69, 9.17) is 0 Å². The molecule has 102 valence electrons. The first-order chi connectivity index (χ1) is 9.83. The Balaban J connectivity index is 0.000000704. The zero-order chi connectivity index (χ0) is 14.4. The van der Waals surface area contributed by atoms with Gasteiger partial charge in [0.15, 0.2) is 0 Å². The van der Waals surface area contributed by atoms with Crippen molar-refractivity contribution in [1.82, 2.24) is 0 Å². The summed E-state index contributed by atoms with van der Waals surface area (Å²) in [6.07, 6.45) is 0. The fraction of sp³-hybridized carbons (Fsp3) is 0.158. The Labute approximate surface area is 121 Å². The van der Waals surface area contributed by atoms with Gasteiger partial charge in [-0.05, 0) is 30.5 Å². The first-order valence-electron chi connectivity index (χ1n) is 7.14. The molecule has 0 aliphatic carbocycles. The van der Waals surface area contributed by atoms with Crippen LogP contribution in [0.3, 0.4) is 0 Å². The summed E-state index contributed by atoms with van der Waals surface area (Å²) in [5.41, 5.74) is 3.55. The Morgan fingerprint density at radius 3 is 2.10 bits per heavy atom. The predicted octanol–water partition coefficient (Wildman–Crippen LogP) is 5.92. The van der Waals surface area contributed by atoms with Gasteiger partial charge in [-0.25, -0.2) is 0 Å². The molecule has 0 saturated heterocycles. The van der Waals surface area contributed by atoms with Crippen molar-refractivity contribution < 1.29 is 0 Å². The quantitative estimate of drug-likeness (QED) is 0.605. The van der Waals surface area contributed by atoms with E-state index in [1.54, 1.807) is 0 Å². The van der Waals surface area contributed by atoms with Crippen molar-refractivity contribution in [3.8, 4) is 0 Å². The van der Waals surface area contributed by atoms with E-state index < -0.39 is 0 Å². The second kappa shape index (κ2) is 6.76. The summed E-state index contributed by atoms with van der Waals surface area (Å²) in [6, 6.07) is 23.2. The van der Waals surface area contributed by atoms with Crippen LogP contribution in [0.2, 0.25) is 0 Å². The molecule has 3 aromatic carbocycles. The van der Waals surface area contributed by atoms with E-state index >= 15 is 0 Å². The van der Waals surface area contributed by atoms with E-state index in [2.05, 4.69) is 79.0 Å². The highest BCUT2D eigenvalue weighted by atomic mass is 14.9. The van der Waals surface area contributed by atoms with E-state index in [0.717, 1.165) is 11.4 Å². The summed E-state index contributed by atoms with van der Waals surface area (Å²) in [7, 11) is 0. The zero-order valence-corrected chi connectivity index (χ0v) is 12.4. The molecule has 3 rings (SSSR count). The van der Waals surface area contributed by atoms with Gasteiger partial charge in [-0.15, -0.1) is 0 Å². The standard InChI is InChI=1S/C17H15N.C2H6/c1-13-9-11-15(12-10-13)18-17-8-4-6-14-5-2-3-7-16(14)17;1-2/h2-12,18H,1H3;1-2H3. The van der Waals surface area contributed by atoms with Gasteiger partial charge in [-0.1, -0.05) is 67.9 Å². The Morgan fingerprint density at radius 1 is 0.700 bits per heavy atom. The van der Waals surface area contributed by atoms with Crippen LogP contribution in [0, 0.1) is 6.92 Å². The Kier molecular flexibility index (Phi) is 4.78. The number of anilines is 2. The lowest BCUT2D eigenvalue weighted by atomic mass is 10.1. The van der Waals surface area contributed by atoms with Crippen LogP contribution in [-0.2, 0) is 0 Å². The van der Waals surface area contributed by atoms with Crippen LogP contribution in [-0.4, -0.2) is 0 Å². The van der Waals surface area contributed by atoms with E-state index in [9.17, 15) is 0 Å². The van der Waals surface area contributed by atoms with E-state index in [0.29, 0.717) is 0 Å².